The average Bonchev–Trinajstić information content (AvgIpc) is 2.75. The minimum absolute atomic E-state index is 0.0943. The average molecular weight is 401 g/mol. The Labute approximate surface area is 172 Å². The van der Waals surface area contributed by atoms with Crippen LogP contribution >= 0.6 is 11.8 Å². The maximum atomic E-state index is 13.4. The van der Waals surface area contributed by atoms with E-state index in [1.54, 1.807) is 23.1 Å². The predicted octanol–water partition coefficient (Wildman–Crippen LogP) is 4.77. The first-order valence-corrected chi connectivity index (χ1v) is 10.1. The number of nitrogens with zero attached hydrogens (tertiary/aromatic N) is 2. The van der Waals surface area contributed by atoms with Crippen molar-refractivity contribution in [2.24, 2.45) is 0 Å². The molecule has 3 aromatic carbocycles. The zero-order valence-corrected chi connectivity index (χ0v) is 16.6. The molecule has 1 aromatic heterocycles. The highest BCUT2D eigenvalue weighted by atomic mass is 32.2. The van der Waals surface area contributed by atoms with Crippen molar-refractivity contribution in [3.8, 4) is 0 Å². The topological polar surface area (TPSA) is 66.1 Å². The summed E-state index contributed by atoms with van der Waals surface area (Å²) in [4.78, 5) is 34.7. The monoisotopic (exact) mass is 401 g/mol. The Morgan fingerprint density at radius 1 is 0.897 bits per heavy atom. The van der Waals surface area contributed by atoms with Crippen LogP contribution in [0.2, 0.25) is 0 Å². The van der Waals surface area contributed by atoms with Crippen molar-refractivity contribution >= 4 is 39.9 Å². The third-order valence-electron chi connectivity index (χ3n) is 4.48. The van der Waals surface area contributed by atoms with Gasteiger partial charge in [-0.25, -0.2) is 4.98 Å². The maximum absolute atomic E-state index is 13.4. The van der Waals surface area contributed by atoms with Crippen LogP contribution in [0.3, 0.4) is 0 Å². The number of benzene rings is 3. The van der Waals surface area contributed by atoms with E-state index in [4.69, 9.17) is 0 Å². The van der Waals surface area contributed by atoms with Crippen molar-refractivity contribution in [3.63, 3.8) is 0 Å². The quantitative estimate of drug-likeness (QED) is 0.386. The van der Waals surface area contributed by atoms with Crippen molar-refractivity contribution in [1.29, 1.82) is 0 Å². The Hall–Kier alpha value is -3.38. The first-order valence-electron chi connectivity index (χ1n) is 9.23. The SMILES string of the molecule is C[C@@H](Sc1nc2ccccc2c(=O)[nH]1)C(=O)N(c1ccccc1)c1ccccc1. The second-order valence-corrected chi connectivity index (χ2v) is 7.82. The Bertz CT molecular complexity index is 1150. The van der Waals surface area contributed by atoms with E-state index in [2.05, 4.69) is 9.97 Å². The summed E-state index contributed by atoms with van der Waals surface area (Å²) in [6.45, 7) is 1.82. The van der Waals surface area contributed by atoms with E-state index in [9.17, 15) is 9.59 Å². The number of thioether (sulfide) groups is 1. The molecule has 29 heavy (non-hydrogen) atoms. The largest absolute Gasteiger partial charge is 0.301 e. The van der Waals surface area contributed by atoms with Crippen molar-refractivity contribution in [1.82, 2.24) is 9.97 Å². The number of hydrogen-bond acceptors (Lipinski definition) is 4. The molecule has 5 nitrogen and oxygen atoms in total. The fraction of sp³-hybridized carbons (Fsp3) is 0.0870. The molecule has 0 fully saturated rings. The molecule has 0 bridgehead atoms. The molecule has 1 N–H and O–H groups in total. The van der Waals surface area contributed by atoms with Crippen LogP contribution < -0.4 is 10.5 Å². The number of nitrogens with one attached hydrogen (secondary N) is 1. The normalized spacial score (nSPS) is 11.9. The lowest BCUT2D eigenvalue weighted by atomic mass is 10.2. The first-order chi connectivity index (χ1) is 14.1. The lowest BCUT2D eigenvalue weighted by Gasteiger charge is -2.25. The minimum atomic E-state index is -0.459. The van der Waals surface area contributed by atoms with Crippen LogP contribution in [0.25, 0.3) is 10.9 Å². The molecule has 0 unspecified atom stereocenters. The van der Waals surface area contributed by atoms with E-state index in [-0.39, 0.29) is 11.5 Å². The number of amides is 1. The van der Waals surface area contributed by atoms with Crippen molar-refractivity contribution in [3.05, 3.63) is 95.3 Å². The standard InChI is InChI=1S/C23H19N3O2S/c1-16(29-23-24-20-15-9-8-14-19(20)21(27)25-23)22(28)26(17-10-4-2-5-11-17)18-12-6-3-7-13-18/h2-16H,1H3,(H,24,25,27)/t16-/m1/s1. The van der Waals surface area contributed by atoms with Gasteiger partial charge in [-0.15, -0.1) is 0 Å². The maximum Gasteiger partial charge on any atom is 0.259 e. The van der Waals surface area contributed by atoms with Crippen LogP contribution in [0.15, 0.2) is 94.9 Å². The van der Waals surface area contributed by atoms with E-state index in [0.29, 0.717) is 16.1 Å². The van der Waals surface area contributed by atoms with Gasteiger partial charge in [0.15, 0.2) is 5.16 Å². The fourth-order valence-corrected chi connectivity index (χ4v) is 3.92. The Balaban J connectivity index is 1.65. The molecule has 0 saturated carbocycles. The van der Waals surface area contributed by atoms with Gasteiger partial charge in [0.2, 0.25) is 5.91 Å². The van der Waals surface area contributed by atoms with Crippen LogP contribution in [0, 0.1) is 0 Å². The molecule has 6 heteroatoms. The van der Waals surface area contributed by atoms with E-state index in [0.717, 1.165) is 11.4 Å². The zero-order valence-electron chi connectivity index (χ0n) is 15.8. The predicted molar refractivity (Wildman–Crippen MR) is 118 cm³/mol. The molecule has 4 rings (SSSR count). The third-order valence-corrected chi connectivity index (χ3v) is 5.45. The van der Waals surface area contributed by atoms with Gasteiger partial charge in [0, 0.05) is 11.4 Å². The lowest BCUT2D eigenvalue weighted by Crippen LogP contribution is -2.33. The third kappa shape index (κ3) is 4.07. The summed E-state index contributed by atoms with van der Waals surface area (Å²) in [5.41, 5.74) is 1.98. The molecule has 0 aliphatic carbocycles. The molecular formula is C23H19N3O2S. The van der Waals surface area contributed by atoms with Crippen molar-refractivity contribution in [2.75, 3.05) is 4.90 Å². The molecule has 1 atom stereocenters. The first kappa shape index (κ1) is 19.0. The number of anilines is 2. The number of aromatic nitrogens is 2. The molecule has 4 aromatic rings. The second-order valence-electron chi connectivity index (χ2n) is 6.49. The Morgan fingerprint density at radius 2 is 1.45 bits per heavy atom. The molecule has 144 valence electrons. The molecule has 0 spiro atoms. The number of carbonyl (C=O) groups excluding carboxylic acids is 1. The van der Waals surface area contributed by atoms with Crippen LogP contribution in [-0.2, 0) is 4.79 Å². The van der Waals surface area contributed by atoms with Gasteiger partial charge in [-0.2, -0.15) is 0 Å². The summed E-state index contributed by atoms with van der Waals surface area (Å²) in [6.07, 6.45) is 0. The van der Waals surface area contributed by atoms with E-state index >= 15 is 0 Å². The molecule has 1 heterocycles. The minimum Gasteiger partial charge on any atom is -0.301 e. The molecule has 0 radical (unpaired) electrons. The highest BCUT2D eigenvalue weighted by Gasteiger charge is 2.25. The van der Waals surface area contributed by atoms with Gasteiger partial charge in [-0.05, 0) is 43.3 Å². The van der Waals surface area contributed by atoms with Crippen molar-refractivity contribution in [2.45, 2.75) is 17.3 Å². The number of aromatic amines is 1. The van der Waals surface area contributed by atoms with E-state index in [1.165, 1.54) is 11.8 Å². The summed E-state index contributed by atoms with van der Waals surface area (Å²) in [7, 11) is 0. The van der Waals surface area contributed by atoms with Gasteiger partial charge < -0.3 is 4.98 Å². The summed E-state index contributed by atoms with van der Waals surface area (Å²) < 4.78 is 0. The highest BCUT2D eigenvalue weighted by Crippen LogP contribution is 2.30. The number of H-pyrrole nitrogens is 1. The smallest absolute Gasteiger partial charge is 0.259 e. The van der Waals surface area contributed by atoms with Crippen molar-refractivity contribution < 1.29 is 4.79 Å². The second kappa shape index (κ2) is 8.32. The van der Waals surface area contributed by atoms with Gasteiger partial charge in [-0.1, -0.05) is 60.3 Å². The number of fused-ring (bicyclic) bond motifs is 1. The number of carbonyl (C=O) groups is 1. The highest BCUT2D eigenvalue weighted by molar-refractivity contribution is 8.00. The molecule has 0 aliphatic heterocycles. The van der Waals surface area contributed by atoms with Crippen LogP contribution in [0.4, 0.5) is 11.4 Å². The number of para-hydroxylation sites is 3. The van der Waals surface area contributed by atoms with Gasteiger partial charge in [0.25, 0.3) is 5.56 Å². The summed E-state index contributed by atoms with van der Waals surface area (Å²) >= 11 is 1.24. The summed E-state index contributed by atoms with van der Waals surface area (Å²) in [5, 5.41) is 0.501. The number of rotatable bonds is 5. The molecular weight excluding hydrogens is 382 g/mol. The lowest BCUT2D eigenvalue weighted by molar-refractivity contribution is -0.117. The van der Waals surface area contributed by atoms with Crippen LogP contribution in [0.5, 0.6) is 0 Å². The summed E-state index contributed by atoms with van der Waals surface area (Å²) in [5.74, 6) is -0.0943. The van der Waals surface area contributed by atoms with E-state index in [1.807, 2.05) is 73.7 Å². The van der Waals surface area contributed by atoms with Crippen LogP contribution in [-0.4, -0.2) is 21.1 Å². The van der Waals surface area contributed by atoms with Gasteiger partial charge >= 0.3 is 0 Å². The molecule has 0 aliphatic rings. The zero-order chi connectivity index (χ0) is 20.2. The van der Waals surface area contributed by atoms with Gasteiger partial charge in [0.05, 0.1) is 16.2 Å². The van der Waals surface area contributed by atoms with Gasteiger partial charge in [0.1, 0.15) is 0 Å². The summed E-state index contributed by atoms with van der Waals surface area (Å²) in [6, 6.07) is 26.2. The number of hydrogen-bond donors (Lipinski definition) is 1. The fourth-order valence-electron chi connectivity index (χ4n) is 3.08. The Kier molecular flexibility index (Phi) is 5.44. The molecule has 0 saturated heterocycles. The molecule has 1 amide bonds. The Morgan fingerprint density at radius 3 is 2.07 bits per heavy atom. The van der Waals surface area contributed by atoms with Gasteiger partial charge in [-0.3, -0.25) is 14.5 Å². The van der Waals surface area contributed by atoms with E-state index < -0.39 is 5.25 Å². The van der Waals surface area contributed by atoms with Crippen LogP contribution in [0.1, 0.15) is 6.92 Å².